The Labute approximate surface area is 150 Å². The van der Waals surface area contributed by atoms with Crippen LogP contribution in [0.5, 0.6) is 0 Å². The first kappa shape index (κ1) is 17.6. The number of carbonyl (C=O) groups excluding carboxylic acids is 1. The lowest BCUT2D eigenvalue weighted by Crippen LogP contribution is -2.32. The molecule has 1 aromatic heterocycles. The Hall–Kier alpha value is -3.19. The Morgan fingerprint density at radius 3 is 2.65 bits per heavy atom. The number of rotatable bonds is 6. The lowest BCUT2D eigenvalue weighted by molar-refractivity contribution is -0.383. The topological polar surface area (TPSA) is 88.6 Å². The molecular weight excluding hydrogens is 334 g/mol. The second kappa shape index (κ2) is 7.37. The number of benzene rings is 2. The van der Waals surface area contributed by atoms with Crippen molar-refractivity contribution >= 4 is 28.3 Å². The molecule has 3 aromatic rings. The summed E-state index contributed by atoms with van der Waals surface area (Å²) in [6, 6.07) is 15.6. The van der Waals surface area contributed by atoms with Crippen LogP contribution in [0.4, 0.5) is 11.4 Å². The van der Waals surface area contributed by atoms with Gasteiger partial charge in [-0.1, -0.05) is 30.3 Å². The molecular formula is C19H19N3O4. The third kappa shape index (κ3) is 3.73. The normalized spacial score (nSPS) is 12.3. The summed E-state index contributed by atoms with van der Waals surface area (Å²) in [5.74, 6) is 0.428. The molecule has 0 aliphatic heterocycles. The third-order valence-electron chi connectivity index (χ3n) is 4.29. The van der Waals surface area contributed by atoms with Gasteiger partial charge in [0.25, 0.3) is 5.69 Å². The summed E-state index contributed by atoms with van der Waals surface area (Å²) >= 11 is 0. The molecule has 0 radical (unpaired) electrons. The van der Waals surface area contributed by atoms with Gasteiger partial charge in [-0.15, -0.1) is 0 Å². The van der Waals surface area contributed by atoms with Gasteiger partial charge in [0, 0.05) is 11.5 Å². The largest absolute Gasteiger partial charge is 0.459 e. The van der Waals surface area contributed by atoms with Gasteiger partial charge in [-0.2, -0.15) is 0 Å². The zero-order valence-electron chi connectivity index (χ0n) is 14.5. The summed E-state index contributed by atoms with van der Waals surface area (Å²) in [5, 5.41) is 14.6. The van der Waals surface area contributed by atoms with Gasteiger partial charge < -0.3 is 9.73 Å². The van der Waals surface area contributed by atoms with E-state index in [1.165, 1.54) is 12.1 Å². The minimum atomic E-state index is -0.518. The maximum atomic E-state index is 12.3. The van der Waals surface area contributed by atoms with Crippen molar-refractivity contribution in [1.82, 2.24) is 4.90 Å². The molecule has 1 amide bonds. The number of para-hydroxylation sites is 3. The van der Waals surface area contributed by atoms with Crippen LogP contribution in [0.1, 0.15) is 18.7 Å². The molecule has 0 saturated heterocycles. The first-order valence-corrected chi connectivity index (χ1v) is 8.17. The highest BCUT2D eigenvalue weighted by Gasteiger charge is 2.20. The summed E-state index contributed by atoms with van der Waals surface area (Å²) in [4.78, 5) is 24.6. The van der Waals surface area contributed by atoms with Crippen molar-refractivity contribution < 1.29 is 14.1 Å². The lowest BCUT2D eigenvalue weighted by Gasteiger charge is -2.22. The van der Waals surface area contributed by atoms with Crippen molar-refractivity contribution in [2.24, 2.45) is 0 Å². The maximum Gasteiger partial charge on any atom is 0.292 e. The summed E-state index contributed by atoms with van der Waals surface area (Å²) in [5.41, 5.74) is 0.855. The van der Waals surface area contributed by atoms with Gasteiger partial charge in [0.1, 0.15) is 17.0 Å². The monoisotopic (exact) mass is 353 g/mol. The van der Waals surface area contributed by atoms with E-state index in [1.54, 1.807) is 19.2 Å². The second-order valence-corrected chi connectivity index (χ2v) is 6.10. The number of nitro groups is 1. The molecule has 7 nitrogen and oxygen atoms in total. The van der Waals surface area contributed by atoms with Gasteiger partial charge in [0.05, 0.1) is 17.5 Å². The van der Waals surface area contributed by atoms with Crippen molar-refractivity contribution in [3.63, 3.8) is 0 Å². The van der Waals surface area contributed by atoms with Crippen LogP contribution in [0, 0.1) is 10.1 Å². The summed E-state index contributed by atoms with van der Waals surface area (Å²) in [7, 11) is 1.80. The third-order valence-corrected chi connectivity index (χ3v) is 4.29. The minimum absolute atomic E-state index is 0.0737. The second-order valence-electron chi connectivity index (χ2n) is 6.10. The van der Waals surface area contributed by atoms with E-state index < -0.39 is 4.92 Å². The van der Waals surface area contributed by atoms with E-state index >= 15 is 0 Å². The fraction of sp³-hybridized carbons (Fsp3) is 0.211. The van der Waals surface area contributed by atoms with E-state index in [-0.39, 0.29) is 29.9 Å². The van der Waals surface area contributed by atoms with Crippen molar-refractivity contribution in [2.45, 2.75) is 13.0 Å². The van der Waals surface area contributed by atoms with Gasteiger partial charge in [-0.25, -0.2) is 0 Å². The average Bonchev–Trinajstić information content (AvgIpc) is 3.05. The molecule has 134 valence electrons. The van der Waals surface area contributed by atoms with E-state index in [9.17, 15) is 14.9 Å². The molecule has 1 N–H and O–H groups in total. The number of hydrogen-bond acceptors (Lipinski definition) is 5. The number of nitrogens with zero attached hydrogens (tertiary/aromatic N) is 2. The number of amides is 1. The Morgan fingerprint density at radius 2 is 1.92 bits per heavy atom. The highest BCUT2D eigenvalue weighted by atomic mass is 16.6. The number of nitrogens with one attached hydrogen (secondary N) is 1. The number of carbonyl (C=O) groups is 1. The average molecular weight is 353 g/mol. The Morgan fingerprint density at radius 1 is 1.23 bits per heavy atom. The zero-order chi connectivity index (χ0) is 18.7. The van der Waals surface area contributed by atoms with Gasteiger partial charge >= 0.3 is 0 Å². The molecule has 0 aliphatic carbocycles. The van der Waals surface area contributed by atoms with Crippen LogP contribution >= 0.6 is 0 Å². The smallest absolute Gasteiger partial charge is 0.292 e. The molecule has 1 atom stereocenters. The van der Waals surface area contributed by atoms with Gasteiger partial charge in [0.2, 0.25) is 5.91 Å². The number of likely N-dealkylation sites (N-methyl/N-ethyl adjacent to an activating group) is 1. The molecule has 7 heteroatoms. The molecule has 0 spiro atoms. The Bertz CT molecular complexity index is 918. The maximum absolute atomic E-state index is 12.3. The predicted molar refractivity (Wildman–Crippen MR) is 99.0 cm³/mol. The molecule has 0 bridgehead atoms. The van der Waals surface area contributed by atoms with Crippen LogP contribution in [0.3, 0.4) is 0 Å². The number of anilines is 1. The fourth-order valence-electron chi connectivity index (χ4n) is 2.72. The highest BCUT2D eigenvalue weighted by molar-refractivity contribution is 5.94. The van der Waals surface area contributed by atoms with E-state index in [4.69, 9.17) is 4.42 Å². The van der Waals surface area contributed by atoms with Crippen LogP contribution in [0.2, 0.25) is 0 Å². The van der Waals surface area contributed by atoms with E-state index in [2.05, 4.69) is 5.32 Å². The molecule has 2 aromatic carbocycles. The van der Waals surface area contributed by atoms with Crippen molar-refractivity contribution in [2.75, 3.05) is 18.9 Å². The van der Waals surface area contributed by atoms with E-state index in [1.807, 2.05) is 42.2 Å². The van der Waals surface area contributed by atoms with Crippen molar-refractivity contribution in [3.05, 3.63) is 70.5 Å². The minimum Gasteiger partial charge on any atom is -0.459 e. The molecule has 0 saturated carbocycles. The first-order chi connectivity index (χ1) is 12.5. The van der Waals surface area contributed by atoms with Gasteiger partial charge in [-0.05, 0) is 32.2 Å². The molecule has 1 heterocycles. The number of hydrogen-bond donors (Lipinski definition) is 1. The summed E-state index contributed by atoms with van der Waals surface area (Å²) in [6.45, 7) is 2.01. The molecule has 1 unspecified atom stereocenters. The number of fused-ring (bicyclic) bond motifs is 1. The van der Waals surface area contributed by atoms with E-state index in [0.29, 0.717) is 0 Å². The van der Waals surface area contributed by atoms with Crippen LogP contribution < -0.4 is 5.32 Å². The van der Waals surface area contributed by atoms with Gasteiger partial charge in [-0.3, -0.25) is 19.8 Å². The van der Waals surface area contributed by atoms with Gasteiger partial charge in [0.15, 0.2) is 0 Å². The molecule has 0 aliphatic rings. The Kier molecular flexibility index (Phi) is 4.99. The van der Waals surface area contributed by atoms with Crippen LogP contribution in [-0.2, 0) is 4.79 Å². The van der Waals surface area contributed by atoms with Crippen molar-refractivity contribution in [3.8, 4) is 0 Å². The molecule has 26 heavy (non-hydrogen) atoms. The first-order valence-electron chi connectivity index (χ1n) is 8.17. The highest BCUT2D eigenvalue weighted by Crippen LogP contribution is 2.27. The standard InChI is InChI=1S/C19H19N3O4/c1-13(18-11-14-7-3-6-10-17(14)26-18)21(2)12-19(23)20-15-8-4-5-9-16(15)22(24)25/h3-11,13H,12H2,1-2H3,(H,20,23). The predicted octanol–water partition coefficient (Wildman–Crippen LogP) is 3.97. The number of furan rings is 1. The molecule has 3 rings (SSSR count). The lowest BCUT2D eigenvalue weighted by atomic mass is 10.2. The summed E-state index contributed by atoms with van der Waals surface area (Å²) < 4.78 is 5.84. The fourth-order valence-corrected chi connectivity index (χ4v) is 2.72. The number of nitro benzene ring substituents is 1. The van der Waals surface area contributed by atoms with Crippen LogP contribution in [0.15, 0.2) is 59.0 Å². The Balaban J connectivity index is 1.68. The van der Waals surface area contributed by atoms with E-state index in [0.717, 1.165) is 16.7 Å². The van der Waals surface area contributed by atoms with Crippen LogP contribution in [-0.4, -0.2) is 29.3 Å². The SMILES string of the molecule is CC(c1cc2ccccc2o1)N(C)CC(=O)Nc1ccccc1[N+](=O)[O-]. The zero-order valence-corrected chi connectivity index (χ0v) is 14.5. The molecule has 0 fully saturated rings. The quantitative estimate of drug-likeness (QED) is 0.535. The van der Waals surface area contributed by atoms with Crippen molar-refractivity contribution in [1.29, 1.82) is 0 Å². The summed E-state index contributed by atoms with van der Waals surface area (Å²) in [6.07, 6.45) is 0. The van der Waals surface area contributed by atoms with Crippen LogP contribution in [0.25, 0.3) is 11.0 Å².